The van der Waals surface area contributed by atoms with Gasteiger partial charge in [0.25, 0.3) is 0 Å². The lowest BCUT2D eigenvalue weighted by Gasteiger charge is -2.15. The summed E-state index contributed by atoms with van der Waals surface area (Å²) in [6.07, 6.45) is -3.59. The van der Waals surface area contributed by atoms with Crippen molar-refractivity contribution in [3.05, 3.63) is 60.7 Å². The number of rotatable bonds is 8. The molecule has 0 saturated carbocycles. The zero-order chi connectivity index (χ0) is 25.6. The molecule has 0 aromatic heterocycles. The number of ether oxygens (including phenoxy) is 4. The molecular weight excluding hydrogens is 578 g/mol. The summed E-state index contributed by atoms with van der Waals surface area (Å²) in [5, 5.41) is 11.4. The number of alkyl halides is 3. The van der Waals surface area contributed by atoms with E-state index in [9.17, 15) is 32.9 Å². The predicted octanol–water partition coefficient (Wildman–Crippen LogP) is 5.14. The second-order valence-corrected chi connectivity index (χ2v) is 7.51. The number of methoxy groups -OCH3 is 2. The van der Waals surface area contributed by atoms with E-state index in [1.54, 1.807) is 6.92 Å². The number of nitrogens with zero attached hydrogens (tertiary/aromatic N) is 1. The maximum absolute atomic E-state index is 13.0. The van der Waals surface area contributed by atoms with Gasteiger partial charge in [-0.2, -0.15) is 13.2 Å². The monoisotopic (exact) mass is 595 g/mol. The van der Waals surface area contributed by atoms with Crippen LogP contribution in [0.4, 0.5) is 18.9 Å². The minimum Gasteiger partial charge on any atom is -0.490 e. The van der Waals surface area contributed by atoms with Gasteiger partial charge in [0.05, 0.1) is 34.9 Å². The third-order valence-corrected chi connectivity index (χ3v) is 4.95. The van der Waals surface area contributed by atoms with Gasteiger partial charge in [-0.1, -0.05) is 0 Å². The number of nitro benzene ring substituents is 1. The predicted molar refractivity (Wildman–Crippen MR) is 121 cm³/mol. The molecule has 0 spiro atoms. The second-order valence-electron chi connectivity index (χ2n) is 6.34. The van der Waals surface area contributed by atoms with Gasteiger partial charge >= 0.3 is 23.8 Å². The Labute approximate surface area is 204 Å². The molecule has 2 aromatic carbocycles. The van der Waals surface area contributed by atoms with E-state index >= 15 is 0 Å². The summed E-state index contributed by atoms with van der Waals surface area (Å²) in [5.74, 6) is -2.28. The van der Waals surface area contributed by atoms with Gasteiger partial charge in [0.15, 0.2) is 11.5 Å². The van der Waals surface area contributed by atoms with Crippen LogP contribution in [-0.4, -0.2) is 37.7 Å². The highest BCUT2D eigenvalue weighted by Gasteiger charge is 2.34. The highest BCUT2D eigenvalue weighted by atomic mass is 127. The molecule has 9 nitrogen and oxygen atoms in total. The lowest BCUT2D eigenvalue weighted by Crippen LogP contribution is -2.15. The highest BCUT2D eigenvalue weighted by Crippen LogP contribution is 2.42. The summed E-state index contributed by atoms with van der Waals surface area (Å²) in [6.45, 7) is 1.78. The molecule has 182 valence electrons. The molecule has 0 fully saturated rings. The van der Waals surface area contributed by atoms with Crippen molar-refractivity contribution >= 4 is 46.3 Å². The van der Waals surface area contributed by atoms with E-state index < -0.39 is 45.6 Å². The van der Waals surface area contributed by atoms with Crippen LogP contribution in [0.2, 0.25) is 0 Å². The molecule has 0 unspecified atom stereocenters. The fraction of sp³-hybridized carbons (Fsp3) is 0.238. The Morgan fingerprint density at radius 3 is 2.21 bits per heavy atom. The van der Waals surface area contributed by atoms with E-state index in [-0.39, 0.29) is 18.1 Å². The molecule has 0 saturated heterocycles. The van der Waals surface area contributed by atoms with Crippen molar-refractivity contribution in [2.24, 2.45) is 0 Å². The van der Waals surface area contributed by atoms with E-state index in [4.69, 9.17) is 9.47 Å². The molecule has 0 radical (unpaired) electrons. The van der Waals surface area contributed by atoms with Gasteiger partial charge < -0.3 is 18.9 Å². The Bertz CT molecular complexity index is 1130. The van der Waals surface area contributed by atoms with Crippen LogP contribution in [0.1, 0.15) is 18.1 Å². The van der Waals surface area contributed by atoms with Crippen LogP contribution in [0, 0.1) is 13.7 Å². The lowest BCUT2D eigenvalue weighted by atomic mass is 10.1. The van der Waals surface area contributed by atoms with Crippen molar-refractivity contribution in [2.45, 2.75) is 13.1 Å². The van der Waals surface area contributed by atoms with E-state index in [2.05, 4.69) is 9.47 Å². The van der Waals surface area contributed by atoms with Crippen molar-refractivity contribution in [3.63, 3.8) is 0 Å². The number of carbonyl (C=O) groups excluding carboxylic acids is 2. The maximum Gasteiger partial charge on any atom is 0.416 e. The second kappa shape index (κ2) is 11.2. The van der Waals surface area contributed by atoms with E-state index in [1.807, 2.05) is 22.6 Å². The summed E-state index contributed by atoms with van der Waals surface area (Å²) in [5.41, 5.74) is -2.20. The molecule has 0 aliphatic carbocycles. The molecule has 0 heterocycles. The summed E-state index contributed by atoms with van der Waals surface area (Å²) in [7, 11) is 2.17. The third-order valence-electron chi connectivity index (χ3n) is 4.15. The van der Waals surface area contributed by atoms with E-state index in [0.717, 1.165) is 20.3 Å². The number of nitro groups is 1. The summed E-state index contributed by atoms with van der Waals surface area (Å²) in [6, 6.07) is 4.71. The van der Waals surface area contributed by atoms with Crippen molar-refractivity contribution < 1.29 is 46.6 Å². The minimum absolute atomic E-state index is 0.0138. The van der Waals surface area contributed by atoms with Crippen LogP contribution in [0.15, 0.2) is 35.9 Å². The normalized spacial score (nSPS) is 10.8. The zero-order valence-electron chi connectivity index (χ0n) is 17.9. The number of benzene rings is 2. The first-order valence-corrected chi connectivity index (χ1v) is 10.4. The Morgan fingerprint density at radius 2 is 1.71 bits per heavy atom. The molecule has 2 rings (SSSR count). The standard InChI is InChI=1S/C21H17F3INO8/c1-4-33-17-9-11(7-13(19(27)31-2)20(28)32-3)8-14(25)18(17)34-16-6-5-12(21(22,23)24)10-15(16)26(29)30/h5-10H,4H2,1-3H3. The van der Waals surface area contributed by atoms with Gasteiger partial charge in [-0.25, -0.2) is 9.59 Å². The topological polar surface area (TPSA) is 114 Å². The highest BCUT2D eigenvalue weighted by molar-refractivity contribution is 14.1. The quantitative estimate of drug-likeness (QED) is 0.0785. The van der Waals surface area contributed by atoms with Crippen LogP contribution in [0.5, 0.6) is 17.2 Å². The van der Waals surface area contributed by atoms with Gasteiger partial charge in [-0.3, -0.25) is 10.1 Å². The van der Waals surface area contributed by atoms with Crippen LogP contribution < -0.4 is 9.47 Å². The Balaban J connectivity index is 2.60. The fourth-order valence-electron chi connectivity index (χ4n) is 2.65. The number of hydrogen-bond acceptors (Lipinski definition) is 8. The van der Waals surface area contributed by atoms with Crippen LogP contribution >= 0.6 is 22.6 Å². The molecular formula is C21H17F3INO8. The minimum atomic E-state index is -4.78. The molecule has 0 N–H and O–H groups in total. The van der Waals surface area contributed by atoms with E-state index in [0.29, 0.717) is 21.3 Å². The summed E-state index contributed by atoms with van der Waals surface area (Å²) >= 11 is 1.81. The van der Waals surface area contributed by atoms with Gasteiger partial charge in [-0.05, 0) is 65.4 Å². The molecule has 0 bridgehead atoms. The zero-order valence-corrected chi connectivity index (χ0v) is 20.1. The fourth-order valence-corrected chi connectivity index (χ4v) is 3.39. The Kier molecular flexibility index (Phi) is 8.84. The largest absolute Gasteiger partial charge is 0.490 e. The molecule has 13 heteroatoms. The van der Waals surface area contributed by atoms with Crippen molar-refractivity contribution in [3.8, 4) is 17.2 Å². The Hall–Kier alpha value is -3.36. The summed E-state index contributed by atoms with van der Waals surface area (Å²) in [4.78, 5) is 34.2. The number of hydrogen-bond donors (Lipinski definition) is 0. The summed E-state index contributed by atoms with van der Waals surface area (Å²) < 4.78 is 59.5. The SMILES string of the molecule is CCOc1cc(C=C(C(=O)OC)C(=O)OC)cc(I)c1Oc1ccc(C(F)(F)F)cc1[N+](=O)[O-]. The van der Waals surface area contributed by atoms with Crippen LogP contribution in [0.25, 0.3) is 6.08 Å². The first-order chi connectivity index (χ1) is 15.9. The Morgan fingerprint density at radius 1 is 1.09 bits per heavy atom. The van der Waals surface area contributed by atoms with Crippen molar-refractivity contribution in [2.75, 3.05) is 20.8 Å². The number of carbonyl (C=O) groups is 2. The molecule has 2 aromatic rings. The first kappa shape index (κ1) is 26.9. The van der Waals surface area contributed by atoms with Crippen LogP contribution in [0.3, 0.4) is 0 Å². The van der Waals surface area contributed by atoms with E-state index in [1.165, 1.54) is 18.2 Å². The average molecular weight is 595 g/mol. The maximum atomic E-state index is 13.0. The molecule has 0 aliphatic rings. The molecule has 0 aliphatic heterocycles. The van der Waals surface area contributed by atoms with Crippen LogP contribution in [-0.2, 0) is 25.2 Å². The van der Waals surface area contributed by atoms with Gasteiger partial charge in [0.2, 0.25) is 5.75 Å². The number of esters is 2. The van der Waals surface area contributed by atoms with Gasteiger partial charge in [0.1, 0.15) is 5.57 Å². The first-order valence-electron chi connectivity index (χ1n) is 9.31. The lowest BCUT2D eigenvalue weighted by molar-refractivity contribution is -0.385. The molecule has 34 heavy (non-hydrogen) atoms. The van der Waals surface area contributed by atoms with Gasteiger partial charge in [-0.15, -0.1) is 0 Å². The molecule has 0 amide bonds. The average Bonchev–Trinajstić information content (AvgIpc) is 2.78. The van der Waals surface area contributed by atoms with Gasteiger partial charge in [0, 0.05) is 6.07 Å². The third kappa shape index (κ3) is 6.36. The van der Waals surface area contributed by atoms with Crippen molar-refractivity contribution in [1.82, 2.24) is 0 Å². The number of halogens is 4. The smallest absolute Gasteiger partial charge is 0.416 e. The molecule has 0 atom stereocenters. The van der Waals surface area contributed by atoms with Crippen molar-refractivity contribution in [1.29, 1.82) is 0 Å².